The van der Waals surface area contributed by atoms with Crippen LogP contribution in [0.1, 0.15) is 295 Å². The summed E-state index contributed by atoms with van der Waals surface area (Å²) in [6.45, 7) is 20.2. The summed E-state index contributed by atoms with van der Waals surface area (Å²) in [7, 11) is 1.83. The first-order valence-electron chi connectivity index (χ1n) is 30.9. The van der Waals surface area contributed by atoms with Crippen molar-refractivity contribution in [2.24, 2.45) is 0 Å². The predicted molar refractivity (Wildman–Crippen MR) is 309 cm³/mol. The van der Waals surface area contributed by atoms with Gasteiger partial charge in [0.1, 0.15) is 11.5 Å². The van der Waals surface area contributed by atoms with Crippen molar-refractivity contribution in [3.05, 3.63) is 58.7 Å². The lowest BCUT2D eigenvalue weighted by Gasteiger charge is -2.40. The summed E-state index contributed by atoms with van der Waals surface area (Å²) in [5, 5.41) is 12.6. The summed E-state index contributed by atoms with van der Waals surface area (Å²) in [5.74, 6) is 1.67. The molecule has 0 saturated heterocycles. The Hall–Kier alpha value is -2.06. The number of ether oxygens (including phenoxy) is 2. The van der Waals surface area contributed by atoms with Gasteiger partial charge in [0.25, 0.3) is 0 Å². The molecule has 2 aromatic rings. The van der Waals surface area contributed by atoms with Crippen molar-refractivity contribution >= 4 is 7.32 Å². The lowest BCUT2D eigenvalue weighted by atomic mass is 9.99. The van der Waals surface area contributed by atoms with Crippen LogP contribution in [0.15, 0.2) is 36.4 Å². The Labute approximate surface area is 443 Å². The van der Waals surface area contributed by atoms with Gasteiger partial charge in [-0.15, -0.1) is 0 Å². The molecule has 0 aromatic heterocycles. The number of quaternary nitrogens is 1. The molecule has 0 atom stereocenters. The van der Waals surface area contributed by atoms with Crippen molar-refractivity contribution in [3.63, 3.8) is 0 Å². The summed E-state index contributed by atoms with van der Waals surface area (Å²) in [5.41, 5.74) is 4.42. The summed E-state index contributed by atoms with van der Waals surface area (Å²) >= 11 is 0. The molecule has 0 fully saturated rings. The van der Waals surface area contributed by atoms with Crippen LogP contribution in [0, 0.1) is 0 Å². The summed E-state index contributed by atoms with van der Waals surface area (Å²) in [6.07, 6.45) is 51.6. The molecule has 0 aliphatic carbocycles. The Morgan fingerprint density at radius 2 is 0.592 bits per heavy atom. The third kappa shape index (κ3) is 36.5. The van der Waals surface area contributed by atoms with E-state index < -0.39 is 7.32 Å². The van der Waals surface area contributed by atoms with E-state index in [0.717, 1.165) is 48.3 Å². The third-order valence-corrected chi connectivity index (χ3v) is 15.1. The molecule has 2 rings (SSSR count). The molecule has 0 radical (unpaired) electrons. The molecule has 0 N–H and O–H groups in total. The normalized spacial score (nSPS) is 11.5. The standard InChI is InChI=1S/C32H50BO5.C32H68N/c1-5-7-9-11-13-15-17-27-23-31(35-3)21-19-29(27)25-37-33(34)38-26-30-20-22-32(36-4)24-28(30)18-16-14-12-10-8-6-2;1-5-9-13-17-21-25-29-33(30-26-22-18-14-10-6-2,31-27-23-19-15-11-7-3)32-28-24-20-16-12-8-4/h19-24H,5-18,25-26H2,1-4H3;5-32H2,1-4H3/q-1;+1. The smallest absolute Gasteiger partial charge is 0.345 e. The van der Waals surface area contributed by atoms with Gasteiger partial charge >= 0.3 is 7.32 Å². The van der Waals surface area contributed by atoms with Crippen LogP contribution < -0.4 is 14.5 Å². The van der Waals surface area contributed by atoms with Crippen LogP contribution in [0.5, 0.6) is 11.5 Å². The van der Waals surface area contributed by atoms with Gasteiger partial charge in [0.05, 0.1) is 53.6 Å². The SMILES string of the molecule is CCCCCCCC[N+](CCCCCCCC)(CCCCCCCC)CCCCCCCC.CCCCCCCCc1cc(OC)ccc1COB([O-])OCc1ccc(OC)cc1CCCCCCCC. The molecule has 0 heterocycles. The average molecular weight is 992 g/mol. The van der Waals surface area contributed by atoms with Crippen molar-refractivity contribution < 1.29 is 28.3 Å². The Bertz CT molecular complexity index is 1300. The first-order chi connectivity index (χ1) is 34.8. The minimum Gasteiger partial charge on any atom is -0.832 e. The minimum absolute atomic E-state index is 0.233. The molecule has 2 aromatic carbocycles. The average Bonchev–Trinajstić information content (AvgIpc) is 3.39. The zero-order valence-corrected chi connectivity index (χ0v) is 48.6. The molecular weight excluding hydrogens is 874 g/mol. The molecule has 0 amide bonds. The van der Waals surface area contributed by atoms with E-state index in [-0.39, 0.29) is 13.2 Å². The Morgan fingerprint density at radius 1 is 0.338 bits per heavy atom. The van der Waals surface area contributed by atoms with Crippen LogP contribution >= 0.6 is 0 Å². The van der Waals surface area contributed by atoms with E-state index in [9.17, 15) is 5.02 Å². The molecule has 0 aliphatic heterocycles. The van der Waals surface area contributed by atoms with E-state index in [0.29, 0.717) is 0 Å². The van der Waals surface area contributed by atoms with E-state index in [1.165, 1.54) is 260 Å². The van der Waals surface area contributed by atoms with Gasteiger partial charge < -0.3 is 28.3 Å². The number of nitrogens with zero attached hydrogens (tertiary/aromatic N) is 1. The van der Waals surface area contributed by atoms with E-state index in [4.69, 9.17) is 18.8 Å². The van der Waals surface area contributed by atoms with Gasteiger partial charge in [0, 0.05) is 0 Å². The molecule has 0 spiro atoms. The Balaban J connectivity index is 0.000000718. The highest BCUT2D eigenvalue weighted by molar-refractivity contribution is 6.32. The highest BCUT2D eigenvalue weighted by Gasteiger charge is 2.26. The van der Waals surface area contributed by atoms with Crippen LogP contribution in [0.3, 0.4) is 0 Å². The molecule has 7 heteroatoms. The second-order valence-electron chi connectivity index (χ2n) is 21.5. The highest BCUT2D eigenvalue weighted by Crippen LogP contribution is 2.25. The van der Waals surface area contributed by atoms with Crippen LogP contribution in [0.2, 0.25) is 0 Å². The second-order valence-corrected chi connectivity index (χ2v) is 21.5. The molecule has 0 bridgehead atoms. The second kappa shape index (κ2) is 48.9. The molecular formula is C64H118BNO5. The summed E-state index contributed by atoms with van der Waals surface area (Å²) in [6, 6.07) is 12.0. The topological polar surface area (TPSA) is 60.0 Å². The van der Waals surface area contributed by atoms with Crippen LogP contribution in [-0.4, -0.2) is 52.2 Å². The first kappa shape index (κ1) is 67.0. The monoisotopic (exact) mass is 992 g/mol. The van der Waals surface area contributed by atoms with Crippen molar-refractivity contribution in [1.29, 1.82) is 0 Å². The van der Waals surface area contributed by atoms with Gasteiger partial charge in [-0.2, -0.15) is 0 Å². The Kier molecular flexibility index (Phi) is 46.1. The lowest BCUT2D eigenvalue weighted by molar-refractivity contribution is -0.929. The zero-order chi connectivity index (χ0) is 51.7. The maximum Gasteiger partial charge on any atom is 0.345 e. The van der Waals surface area contributed by atoms with E-state index in [1.54, 1.807) is 14.2 Å². The largest absolute Gasteiger partial charge is 0.832 e. The lowest BCUT2D eigenvalue weighted by Crippen LogP contribution is -2.50. The number of hydrogen-bond acceptors (Lipinski definition) is 5. The fraction of sp³-hybridized carbons (Fsp3) is 0.812. The first-order valence-corrected chi connectivity index (χ1v) is 30.9. The van der Waals surface area contributed by atoms with Gasteiger partial charge in [0.15, 0.2) is 0 Å². The number of aryl methyl sites for hydroxylation is 2. The number of hydrogen-bond donors (Lipinski definition) is 0. The summed E-state index contributed by atoms with van der Waals surface area (Å²) in [4.78, 5) is 0. The molecule has 412 valence electrons. The molecule has 0 unspecified atom stereocenters. The van der Waals surface area contributed by atoms with Crippen molar-refractivity contribution in [2.75, 3.05) is 40.4 Å². The van der Waals surface area contributed by atoms with Gasteiger partial charge in [-0.1, -0.05) is 221 Å². The van der Waals surface area contributed by atoms with E-state index in [2.05, 4.69) is 53.7 Å². The van der Waals surface area contributed by atoms with Crippen molar-refractivity contribution in [2.45, 2.75) is 299 Å². The number of benzene rings is 2. The highest BCUT2D eigenvalue weighted by atomic mass is 16.7. The van der Waals surface area contributed by atoms with Gasteiger partial charge in [-0.25, -0.2) is 0 Å². The molecule has 71 heavy (non-hydrogen) atoms. The van der Waals surface area contributed by atoms with Gasteiger partial charge in [-0.05, 0) is 124 Å². The number of rotatable bonds is 50. The van der Waals surface area contributed by atoms with Crippen molar-refractivity contribution in [3.8, 4) is 11.5 Å². The molecule has 0 saturated carbocycles. The Morgan fingerprint density at radius 3 is 0.859 bits per heavy atom. The minimum atomic E-state index is -1.54. The predicted octanol–water partition coefficient (Wildman–Crippen LogP) is 18.8. The molecule has 0 aliphatic rings. The van der Waals surface area contributed by atoms with Crippen LogP contribution in [0.4, 0.5) is 0 Å². The fourth-order valence-electron chi connectivity index (χ4n) is 10.3. The van der Waals surface area contributed by atoms with E-state index in [1.807, 2.05) is 24.3 Å². The number of unbranched alkanes of at least 4 members (excludes halogenated alkanes) is 30. The number of methoxy groups -OCH3 is 2. The molecule has 6 nitrogen and oxygen atoms in total. The third-order valence-electron chi connectivity index (χ3n) is 15.1. The quantitative estimate of drug-likeness (QED) is 0.0375. The summed E-state index contributed by atoms with van der Waals surface area (Å²) < 4.78 is 23.5. The van der Waals surface area contributed by atoms with E-state index >= 15 is 0 Å². The van der Waals surface area contributed by atoms with Crippen molar-refractivity contribution in [1.82, 2.24) is 0 Å². The van der Waals surface area contributed by atoms with Crippen LogP contribution in [-0.2, 0) is 35.4 Å². The zero-order valence-electron chi connectivity index (χ0n) is 48.6. The van der Waals surface area contributed by atoms with Gasteiger partial charge in [-0.3, -0.25) is 0 Å². The maximum absolute atomic E-state index is 12.6. The van der Waals surface area contributed by atoms with Crippen LogP contribution in [0.25, 0.3) is 0 Å². The maximum atomic E-state index is 12.6. The fourth-order valence-corrected chi connectivity index (χ4v) is 10.3. The van der Waals surface area contributed by atoms with Gasteiger partial charge in [0.2, 0.25) is 0 Å².